The van der Waals surface area contributed by atoms with E-state index in [1.54, 1.807) is 0 Å². The van der Waals surface area contributed by atoms with Gasteiger partial charge in [-0.25, -0.2) is 0 Å². The molecule has 0 spiro atoms. The molecule has 0 aromatic heterocycles. The minimum Gasteiger partial charge on any atom is -0.341 e. The van der Waals surface area contributed by atoms with Gasteiger partial charge < -0.3 is 15.5 Å². The van der Waals surface area contributed by atoms with Gasteiger partial charge in [-0.1, -0.05) is 0 Å². The van der Waals surface area contributed by atoms with Crippen molar-refractivity contribution in [3.63, 3.8) is 0 Å². The second-order valence-corrected chi connectivity index (χ2v) is 5.29. The highest BCUT2D eigenvalue weighted by molar-refractivity contribution is 5.78. The molecule has 0 aromatic rings. The van der Waals surface area contributed by atoms with Gasteiger partial charge in [0.1, 0.15) is 0 Å². The molecular weight excluding hydrogens is 216 g/mol. The highest BCUT2D eigenvalue weighted by atomic mass is 16.2. The summed E-state index contributed by atoms with van der Waals surface area (Å²) in [5.41, 5.74) is 5.62. The van der Waals surface area contributed by atoms with Crippen molar-refractivity contribution in [2.45, 2.75) is 6.42 Å². The van der Waals surface area contributed by atoms with Crippen molar-refractivity contribution in [1.29, 1.82) is 0 Å². The van der Waals surface area contributed by atoms with E-state index in [1.807, 2.05) is 4.90 Å². The van der Waals surface area contributed by atoms with Gasteiger partial charge in [-0.3, -0.25) is 9.69 Å². The van der Waals surface area contributed by atoms with Crippen molar-refractivity contribution in [3.05, 3.63) is 0 Å². The Kier molecular flexibility index (Phi) is 4.36. The lowest BCUT2D eigenvalue weighted by molar-refractivity contribution is -0.127. The molecule has 5 nitrogen and oxygen atoms in total. The molecule has 0 aromatic carbocycles. The van der Waals surface area contributed by atoms with Crippen molar-refractivity contribution in [2.75, 3.05) is 59.4 Å². The predicted molar refractivity (Wildman–Crippen MR) is 67.7 cm³/mol. The zero-order valence-corrected chi connectivity index (χ0v) is 10.8. The molecule has 0 aliphatic carbocycles. The van der Waals surface area contributed by atoms with Crippen LogP contribution < -0.4 is 5.73 Å². The van der Waals surface area contributed by atoms with Crippen LogP contribution in [0.3, 0.4) is 0 Å². The maximum Gasteiger partial charge on any atom is 0.223 e. The number of amides is 1. The average Bonchev–Trinajstić information content (AvgIpc) is 2.69. The number of carbonyl (C=O) groups excluding carboxylic acids is 1. The summed E-state index contributed by atoms with van der Waals surface area (Å²) in [4.78, 5) is 18.5. The molecule has 2 aliphatic rings. The molecule has 2 saturated heterocycles. The Morgan fingerprint density at radius 3 is 2.53 bits per heavy atom. The molecule has 2 heterocycles. The fourth-order valence-electron chi connectivity index (χ4n) is 2.56. The van der Waals surface area contributed by atoms with Crippen LogP contribution in [0.25, 0.3) is 0 Å². The van der Waals surface area contributed by atoms with Crippen molar-refractivity contribution >= 4 is 5.91 Å². The van der Waals surface area contributed by atoms with E-state index in [2.05, 4.69) is 16.8 Å². The molecule has 0 radical (unpaired) electrons. The predicted octanol–water partition coefficient (Wildman–Crippen LogP) is -0.959. The maximum atomic E-state index is 11.7. The van der Waals surface area contributed by atoms with Gasteiger partial charge in [-0.15, -0.1) is 0 Å². The van der Waals surface area contributed by atoms with E-state index in [0.717, 1.165) is 45.8 Å². The molecule has 2 aliphatic heterocycles. The number of rotatable bonds is 4. The first-order valence-electron chi connectivity index (χ1n) is 6.58. The summed E-state index contributed by atoms with van der Waals surface area (Å²) in [6.07, 6.45) is 0.652. The number of nitrogens with zero attached hydrogens (tertiary/aromatic N) is 3. The van der Waals surface area contributed by atoms with E-state index in [0.29, 0.717) is 18.9 Å². The molecule has 1 atom stereocenters. The van der Waals surface area contributed by atoms with Gasteiger partial charge in [-0.2, -0.15) is 0 Å². The van der Waals surface area contributed by atoms with Crippen LogP contribution in [0.5, 0.6) is 0 Å². The van der Waals surface area contributed by atoms with Crippen LogP contribution >= 0.6 is 0 Å². The summed E-state index contributed by atoms with van der Waals surface area (Å²) in [5, 5.41) is 0. The molecule has 2 rings (SSSR count). The maximum absolute atomic E-state index is 11.7. The third-order valence-corrected chi connectivity index (χ3v) is 3.91. The van der Waals surface area contributed by atoms with Crippen LogP contribution in [-0.4, -0.2) is 80.0 Å². The molecule has 1 unspecified atom stereocenters. The lowest BCUT2D eigenvalue weighted by Crippen LogP contribution is -2.47. The molecule has 0 bridgehead atoms. The van der Waals surface area contributed by atoms with Gasteiger partial charge in [0.05, 0.1) is 0 Å². The van der Waals surface area contributed by atoms with E-state index >= 15 is 0 Å². The molecule has 98 valence electrons. The molecule has 2 N–H and O–H groups in total. The summed E-state index contributed by atoms with van der Waals surface area (Å²) in [7, 11) is 2.16. The summed E-state index contributed by atoms with van der Waals surface area (Å²) in [5.74, 6) is 0.671. The first kappa shape index (κ1) is 12.8. The third-order valence-electron chi connectivity index (χ3n) is 3.91. The number of carbonyl (C=O) groups is 1. The normalized spacial score (nSPS) is 28.0. The number of hydrogen-bond acceptors (Lipinski definition) is 4. The second kappa shape index (κ2) is 5.80. The Labute approximate surface area is 104 Å². The zero-order valence-electron chi connectivity index (χ0n) is 10.8. The fourth-order valence-corrected chi connectivity index (χ4v) is 2.56. The minimum absolute atomic E-state index is 0.287. The number of likely N-dealkylation sites (N-methyl/N-ethyl adjacent to an activating group) is 1. The number of piperazine rings is 1. The van der Waals surface area contributed by atoms with Gasteiger partial charge in [-0.05, 0) is 19.5 Å². The van der Waals surface area contributed by atoms with Gasteiger partial charge in [0, 0.05) is 52.2 Å². The number of nitrogens with two attached hydrogens (primary N) is 1. The lowest BCUT2D eigenvalue weighted by Gasteiger charge is -2.33. The van der Waals surface area contributed by atoms with Gasteiger partial charge in [0.15, 0.2) is 0 Å². The second-order valence-electron chi connectivity index (χ2n) is 5.29. The van der Waals surface area contributed by atoms with Crippen LogP contribution in [0, 0.1) is 5.92 Å². The third kappa shape index (κ3) is 3.40. The number of hydrogen-bond donors (Lipinski definition) is 1. The molecule has 1 amide bonds. The summed E-state index contributed by atoms with van der Waals surface area (Å²) in [6.45, 7) is 7.91. The first-order valence-corrected chi connectivity index (χ1v) is 6.58. The zero-order chi connectivity index (χ0) is 12.3. The highest BCUT2D eigenvalue weighted by Gasteiger charge is 2.28. The van der Waals surface area contributed by atoms with Crippen LogP contribution in [-0.2, 0) is 4.79 Å². The first-order chi connectivity index (χ1) is 8.19. The number of likely N-dealkylation sites (tertiary alicyclic amines) is 1. The Bertz CT molecular complexity index is 263. The van der Waals surface area contributed by atoms with Gasteiger partial charge in [0.25, 0.3) is 0 Å². The standard InChI is InChI=1S/C12H24N4O/c1-14-2-4-15(5-3-14)6-7-16-10-11(9-13)8-12(16)17/h11H,2-10,13H2,1H3. The molecular formula is C12H24N4O. The molecule has 17 heavy (non-hydrogen) atoms. The van der Waals surface area contributed by atoms with Crippen molar-refractivity contribution in [1.82, 2.24) is 14.7 Å². The lowest BCUT2D eigenvalue weighted by atomic mass is 10.1. The molecule has 2 fully saturated rings. The van der Waals surface area contributed by atoms with E-state index in [1.165, 1.54) is 0 Å². The van der Waals surface area contributed by atoms with Crippen molar-refractivity contribution < 1.29 is 4.79 Å². The summed E-state index contributed by atoms with van der Waals surface area (Å²) in [6, 6.07) is 0. The van der Waals surface area contributed by atoms with Crippen LogP contribution in [0.1, 0.15) is 6.42 Å². The summed E-state index contributed by atoms with van der Waals surface area (Å²) < 4.78 is 0. The quantitative estimate of drug-likeness (QED) is 0.688. The molecule has 5 heteroatoms. The minimum atomic E-state index is 0.287. The Morgan fingerprint density at radius 2 is 1.94 bits per heavy atom. The van der Waals surface area contributed by atoms with Crippen molar-refractivity contribution in [3.8, 4) is 0 Å². The van der Waals surface area contributed by atoms with Crippen LogP contribution in [0.2, 0.25) is 0 Å². The summed E-state index contributed by atoms with van der Waals surface area (Å²) >= 11 is 0. The largest absolute Gasteiger partial charge is 0.341 e. The average molecular weight is 240 g/mol. The van der Waals surface area contributed by atoms with Crippen molar-refractivity contribution in [2.24, 2.45) is 11.7 Å². The molecule has 0 saturated carbocycles. The Hall–Kier alpha value is -0.650. The van der Waals surface area contributed by atoms with E-state index in [9.17, 15) is 4.79 Å². The van der Waals surface area contributed by atoms with E-state index in [4.69, 9.17) is 5.73 Å². The van der Waals surface area contributed by atoms with E-state index < -0.39 is 0 Å². The Balaban J connectivity index is 1.70. The van der Waals surface area contributed by atoms with Crippen LogP contribution in [0.4, 0.5) is 0 Å². The van der Waals surface area contributed by atoms with E-state index in [-0.39, 0.29) is 5.91 Å². The monoisotopic (exact) mass is 240 g/mol. The van der Waals surface area contributed by atoms with Crippen LogP contribution in [0.15, 0.2) is 0 Å². The fraction of sp³-hybridized carbons (Fsp3) is 0.917. The SMILES string of the molecule is CN1CCN(CCN2CC(CN)CC2=O)CC1. The van der Waals surface area contributed by atoms with Gasteiger partial charge in [0.2, 0.25) is 5.91 Å². The van der Waals surface area contributed by atoms with Gasteiger partial charge >= 0.3 is 0 Å². The highest BCUT2D eigenvalue weighted by Crippen LogP contribution is 2.16. The smallest absolute Gasteiger partial charge is 0.223 e. The Morgan fingerprint density at radius 1 is 1.24 bits per heavy atom. The topological polar surface area (TPSA) is 52.8 Å².